The molecule has 2 heterocycles. The van der Waals surface area contributed by atoms with Crippen molar-refractivity contribution in [1.29, 1.82) is 0 Å². The zero-order valence-corrected chi connectivity index (χ0v) is 16.6. The third kappa shape index (κ3) is 4.33. The lowest BCUT2D eigenvalue weighted by atomic mass is 10.2. The molecule has 25 heavy (non-hydrogen) atoms. The second kappa shape index (κ2) is 8.68. The summed E-state index contributed by atoms with van der Waals surface area (Å²) in [5.41, 5.74) is 4.62. The van der Waals surface area contributed by atoms with E-state index < -0.39 is 17.0 Å². The molecular formula is C14H19N5O3S3. The number of carbonyl (C=O) groups excluding carboxylic acids is 1. The van der Waals surface area contributed by atoms with Gasteiger partial charge in [-0.25, -0.2) is 4.79 Å². The molecule has 0 spiro atoms. The number of ketones is 1. The molecule has 136 valence electrons. The molecule has 0 unspecified atom stereocenters. The second-order valence-electron chi connectivity index (χ2n) is 5.04. The van der Waals surface area contributed by atoms with Crippen LogP contribution in [-0.4, -0.2) is 36.6 Å². The van der Waals surface area contributed by atoms with Crippen molar-refractivity contribution in [3.05, 3.63) is 26.4 Å². The summed E-state index contributed by atoms with van der Waals surface area (Å²) < 4.78 is 3.68. The molecule has 0 aromatic carbocycles. The third-order valence-corrected chi connectivity index (χ3v) is 6.36. The van der Waals surface area contributed by atoms with Gasteiger partial charge in [-0.05, 0) is 12.2 Å². The molecule has 2 N–H and O–H groups in total. The van der Waals surface area contributed by atoms with E-state index in [0.717, 1.165) is 14.7 Å². The van der Waals surface area contributed by atoms with Gasteiger partial charge in [-0.15, -0.1) is 10.2 Å². The van der Waals surface area contributed by atoms with Gasteiger partial charge >= 0.3 is 5.69 Å². The molecule has 0 saturated carbocycles. The van der Waals surface area contributed by atoms with E-state index >= 15 is 0 Å². The molecule has 0 fully saturated rings. The van der Waals surface area contributed by atoms with Crippen LogP contribution in [0.3, 0.4) is 0 Å². The van der Waals surface area contributed by atoms with E-state index in [-0.39, 0.29) is 17.1 Å². The summed E-state index contributed by atoms with van der Waals surface area (Å²) in [5, 5.41) is 8.03. The normalized spacial score (nSPS) is 11.0. The van der Waals surface area contributed by atoms with Gasteiger partial charge in [-0.2, -0.15) is 0 Å². The van der Waals surface area contributed by atoms with Crippen LogP contribution >= 0.6 is 34.9 Å². The quantitative estimate of drug-likeness (QED) is 0.523. The van der Waals surface area contributed by atoms with Crippen LogP contribution < -0.4 is 17.0 Å². The van der Waals surface area contributed by atoms with Gasteiger partial charge in [0.1, 0.15) is 11.4 Å². The summed E-state index contributed by atoms with van der Waals surface area (Å²) in [6.45, 7) is 4.25. The van der Waals surface area contributed by atoms with Crippen molar-refractivity contribution < 1.29 is 4.79 Å². The van der Waals surface area contributed by atoms with Crippen molar-refractivity contribution in [3.8, 4) is 0 Å². The van der Waals surface area contributed by atoms with E-state index in [2.05, 4.69) is 10.2 Å². The lowest BCUT2D eigenvalue weighted by Gasteiger charge is -2.13. The molecule has 0 bridgehead atoms. The van der Waals surface area contributed by atoms with Crippen LogP contribution in [0.2, 0.25) is 0 Å². The van der Waals surface area contributed by atoms with Gasteiger partial charge in [0.2, 0.25) is 0 Å². The minimum absolute atomic E-state index is 0.00912. The Hall–Kier alpha value is -1.59. The Morgan fingerprint density at radius 3 is 2.44 bits per heavy atom. The Kier molecular flexibility index (Phi) is 6.85. The number of thioether (sulfide) groups is 2. The van der Waals surface area contributed by atoms with Crippen molar-refractivity contribution in [2.75, 3.05) is 17.2 Å². The van der Waals surface area contributed by atoms with Crippen LogP contribution in [0.25, 0.3) is 0 Å². The Balaban J connectivity index is 2.26. The minimum atomic E-state index is -0.667. The number of hydrogen-bond acceptors (Lipinski definition) is 9. The van der Waals surface area contributed by atoms with Crippen LogP contribution in [0.1, 0.15) is 30.6 Å². The van der Waals surface area contributed by atoms with E-state index in [1.54, 1.807) is 11.8 Å². The SMILES string of the molecule is CCCn1c(N)c(C(=O)CSc2nnc(SCC)s2)c(=O)n(C)c1=O. The van der Waals surface area contributed by atoms with Crippen molar-refractivity contribution in [1.82, 2.24) is 19.3 Å². The van der Waals surface area contributed by atoms with Crippen LogP contribution in [0.5, 0.6) is 0 Å². The monoisotopic (exact) mass is 401 g/mol. The lowest BCUT2D eigenvalue weighted by Crippen LogP contribution is -2.42. The van der Waals surface area contributed by atoms with Crippen molar-refractivity contribution in [2.45, 2.75) is 35.5 Å². The Bertz CT molecular complexity index is 887. The first-order valence-electron chi connectivity index (χ1n) is 7.62. The van der Waals surface area contributed by atoms with E-state index in [1.807, 2.05) is 13.8 Å². The van der Waals surface area contributed by atoms with E-state index in [0.29, 0.717) is 17.3 Å². The van der Waals surface area contributed by atoms with E-state index in [4.69, 9.17) is 5.73 Å². The van der Waals surface area contributed by atoms with Crippen LogP contribution in [0, 0.1) is 0 Å². The largest absolute Gasteiger partial charge is 0.384 e. The second-order valence-corrected chi connectivity index (χ2v) is 8.75. The topological polar surface area (TPSA) is 113 Å². The molecular weight excluding hydrogens is 382 g/mol. The Labute approximate surface area is 156 Å². The van der Waals surface area contributed by atoms with Crippen LogP contribution in [-0.2, 0) is 13.6 Å². The highest BCUT2D eigenvalue weighted by atomic mass is 32.2. The molecule has 0 aliphatic carbocycles. The molecule has 0 atom stereocenters. The number of rotatable bonds is 8. The van der Waals surface area contributed by atoms with Gasteiger partial charge in [0.25, 0.3) is 5.56 Å². The maximum Gasteiger partial charge on any atom is 0.332 e. The molecule has 0 aliphatic rings. The molecule has 8 nitrogen and oxygen atoms in total. The average molecular weight is 402 g/mol. The summed E-state index contributed by atoms with van der Waals surface area (Å²) in [7, 11) is 1.35. The number of aromatic nitrogens is 4. The summed E-state index contributed by atoms with van der Waals surface area (Å²) in [4.78, 5) is 37.0. The summed E-state index contributed by atoms with van der Waals surface area (Å²) in [6, 6.07) is 0. The predicted molar refractivity (Wildman–Crippen MR) is 102 cm³/mol. The standard InChI is InChI=1S/C14H19N5O3S3/c1-4-6-19-10(15)9(11(21)18(3)14(19)22)8(20)7-24-13-17-16-12(25-13)23-5-2/h4-7,15H2,1-3H3. The van der Waals surface area contributed by atoms with Gasteiger partial charge in [0.15, 0.2) is 14.5 Å². The number of nitrogens with two attached hydrogens (primary N) is 1. The molecule has 0 aliphatic heterocycles. The third-order valence-electron chi connectivity index (χ3n) is 3.29. The van der Waals surface area contributed by atoms with Crippen LogP contribution in [0.15, 0.2) is 18.3 Å². The minimum Gasteiger partial charge on any atom is -0.384 e. The smallest absolute Gasteiger partial charge is 0.332 e. The van der Waals surface area contributed by atoms with E-state index in [9.17, 15) is 14.4 Å². The number of nitrogen functional groups attached to an aromatic ring is 1. The number of carbonyl (C=O) groups is 1. The van der Waals surface area contributed by atoms with Gasteiger partial charge in [-0.1, -0.05) is 48.7 Å². The zero-order valence-electron chi connectivity index (χ0n) is 14.1. The van der Waals surface area contributed by atoms with Crippen LogP contribution in [0.4, 0.5) is 5.82 Å². The van der Waals surface area contributed by atoms with Gasteiger partial charge < -0.3 is 5.73 Å². The summed E-state index contributed by atoms with van der Waals surface area (Å²) in [5.74, 6) is 0.409. The molecule has 0 amide bonds. The van der Waals surface area contributed by atoms with Gasteiger partial charge in [0.05, 0.1) is 5.75 Å². The van der Waals surface area contributed by atoms with Crippen molar-refractivity contribution in [3.63, 3.8) is 0 Å². The maximum atomic E-state index is 12.5. The van der Waals surface area contributed by atoms with Crippen molar-refractivity contribution in [2.24, 2.45) is 7.05 Å². The highest BCUT2D eigenvalue weighted by Crippen LogP contribution is 2.28. The lowest BCUT2D eigenvalue weighted by molar-refractivity contribution is 0.102. The Morgan fingerprint density at radius 1 is 1.20 bits per heavy atom. The fraction of sp³-hybridized carbons (Fsp3) is 0.500. The average Bonchev–Trinajstić information content (AvgIpc) is 3.03. The number of nitrogens with zero attached hydrogens (tertiary/aromatic N) is 4. The first kappa shape index (κ1) is 19.7. The summed E-state index contributed by atoms with van der Waals surface area (Å²) in [6.07, 6.45) is 0.660. The highest BCUT2D eigenvalue weighted by molar-refractivity contribution is 8.03. The Morgan fingerprint density at radius 2 is 1.84 bits per heavy atom. The first-order valence-corrected chi connectivity index (χ1v) is 10.4. The number of hydrogen-bond donors (Lipinski definition) is 1. The predicted octanol–water partition coefficient (Wildman–Crippen LogP) is 1.48. The molecule has 2 aromatic rings. The van der Waals surface area contributed by atoms with Gasteiger partial charge in [-0.3, -0.25) is 18.7 Å². The number of Topliss-reactive ketones (excluding diaryl/α,β-unsaturated/α-hetero) is 1. The molecule has 2 rings (SSSR count). The molecule has 0 saturated heterocycles. The maximum absolute atomic E-state index is 12.5. The first-order chi connectivity index (χ1) is 11.9. The molecule has 0 radical (unpaired) electrons. The summed E-state index contributed by atoms with van der Waals surface area (Å²) >= 11 is 4.19. The van der Waals surface area contributed by atoms with Crippen molar-refractivity contribution >= 4 is 46.5 Å². The highest BCUT2D eigenvalue weighted by Gasteiger charge is 2.21. The molecule has 2 aromatic heterocycles. The number of anilines is 1. The van der Waals surface area contributed by atoms with E-state index in [1.165, 1.54) is 34.7 Å². The molecule has 11 heteroatoms. The fourth-order valence-electron chi connectivity index (χ4n) is 2.12. The van der Waals surface area contributed by atoms with Gasteiger partial charge in [0, 0.05) is 13.6 Å². The zero-order chi connectivity index (χ0) is 18.6. The fourth-order valence-corrected chi connectivity index (χ4v) is 4.91.